The Hall–Kier alpha value is -2.03. The summed E-state index contributed by atoms with van der Waals surface area (Å²) in [6.45, 7) is 4.69. The number of hydrogen-bond acceptors (Lipinski definition) is 2. The van der Waals surface area contributed by atoms with Gasteiger partial charge in [0.25, 0.3) is 0 Å². The molecule has 6 heteroatoms. The van der Waals surface area contributed by atoms with Crippen molar-refractivity contribution >= 4 is 5.97 Å². The predicted octanol–water partition coefficient (Wildman–Crippen LogP) is 3.75. The van der Waals surface area contributed by atoms with E-state index in [9.17, 15) is 22.4 Å². The molecule has 1 fully saturated rings. The van der Waals surface area contributed by atoms with Crippen LogP contribution in [0.15, 0.2) is 0 Å². The molecule has 1 aromatic rings. The van der Waals surface area contributed by atoms with Crippen LogP contribution in [0.4, 0.5) is 17.6 Å². The second-order valence-electron chi connectivity index (χ2n) is 6.29. The molecular formula is C17H16F4O2. The molecule has 124 valence electrons. The molecule has 0 heterocycles. The van der Waals surface area contributed by atoms with Crippen LogP contribution in [0, 0.1) is 52.9 Å². The number of carbonyl (C=O) groups is 1. The third-order valence-electron chi connectivity index (χ3n) is 4.70. The van der Waals surface area contributed by atoms with E-state index in [2.05, 4.69) is 0 Å². The van der Waals surface area contributed by atoms with Crippen molar-refractivity contribution < 1.29 is 27.1 Å². The minimum atomic E-state index is -1.59. The van der Waals surface area contributed by atoms with Crippen LogP contribution in [0.25, 0.3) is 0 Å². The summed E-state index contributed by atoms with van der Waals surface area (Å²) in [4.78, 5) is 11.9. The molecule has 0 aliphatic heterocycles. The number of ether oxygens (including phenoxy) is 1. The van der Waals surface area contributed by atoms with Crippen molar-refractivity contribution in [2.75, 3.05) is 0 Å². The van der Waals surface area contributed by atoms with Gasteiger partial charge < -0.3 is 4.74 Å². The zero-order chi connectivity index (χ0) is 17.5. The zero-order valence-electron chi connectivity index (χ0n) is 13.0. The molecule has 1 saturated carbocycles. The summed E-state index contributed by atoms with van der Waals surface area (Å²) in [7, 11) is 0. The van der Waals surface area contributed by atoms with Gasteiger partial charge in [-0.1, -0.05) is 20.8 Å². The summed E-state index contributed by atoms with van der Waals surface area (Å²) < 4.78 is 60.1. The van der Waals surface area contributed by atoms with Crippen LogP contribution in [0.2, 0.25) is 0 Å². The van der Waals surface area contributed by atoms with E-state index in [0.717, 1.165) is 0 Å². The summed E-state index contributed by atoms with van der Waals surface area (Å²) in [5.74, 6) is -5.36. The standard InChI is InChI=1S/C17H16F4O2/c1-5-6-9-12(18)14(20)10(15(21)13(9)19)7-23-16(22)11-8(2)17(11,3)4/h1,8,11H,6-7H2,2-4H3/t8-,11?/m1/s1. The van der Waals surface area contributed by atoms with Gasteiger partial charge in [-0.2, -0.15) is 0 Å². The quantitative estimate of drug-likeness (QED) is 0.364. The minimum absolute atomic E-state index is 0.0659. The fourth-order valence-corrected chi connectivity index (χ4v) is 2.74. The van der Waals surface area contributed by atoms with Gasteiger partial charge in [0.1, 0.15) is 6.61 Å². The number of hydrogen-bond donors (Lipinski definition) is 0. The first-order chi connectivity index (χ1) is 10.6. The zero-order valence-corrected chi connectivity index (χ0v) is 13.0. The number of terminal acetylenes is 1. The van der Waals surface area contributed by atoms with Crippen LogP contribution < -0.4 is 0 Å². The molecule has 1 aliphatic carbocycles. The molecule has 2 atom stereocenters. The smallest absolute Gasteiger partial charge is 0.310 e. The molecule has 23 heavy (non-hydrogen) atoms. The number of carbonyl (C=O) groups excluding carboxylic acids is 1. The Labute approximate surface area is 131 Å². The normalized spacial score (nSPS) is 21.7. The van der Waals surface area contributed by atoms with Crippen molar-refractivity contribution in [2.45, 2.75) is 33.8 Å². The van der Waals surface area contributed by atoms with Crippen LogP contribution in [0.1, 0.15) is 31.9 Å². The first kappa shape index (κ1) is 17.3. The maximum absolute atomic E-state index is 13.9. The first-order valence-corrected chi connectivity index (χ1v) is 7.08. The van der Waals surface area contributed by atoms with E-state index in [-0.39, 0.29) is 11.3 Å². The van der Waals surface area contributed by atoms with Crippen molar-refractivity contribution in [3.05, 3.63) is 34.4 Å². The Bertz CT molecular complexity index is 675. The van der Waals surface area contributed by atoms with Gasteiger partial charge in [-0.3, -0.25) is 4.79 Å². The molecule has 0 saturated heterocycles. The SMILES string of the molecule is C#CCc1c(F)c(F)c(COC(=O)C2[C@@H](C)C2(C)C)c(F)c1F. The maximum Gasteiger partial charge on any atom is 0.310 e. The molecule has 0 aromatic heterocycles. The monoisotopic (exact) mass is 328 g/mol. The van der Waals surface area contributed by atoms with E-state index in [4.69, 9.17) is 11.2 Å². The van der Waals surface area contributed by atoms with Crippen LogP contribution in [-0.2, 0) is 22.6 Å². The number of esters is 1. The molecule has 1 aromatic carbocycles. The van der Waals surface area contributed by atoms with Crippen molar-refractivity contribution in [3.63, 3.8) is 0 Å². The molecule has 0 spiro atoms. The lowest BCUT2D eigenvalue weighted by Gasteiger charge is -2.11. The van der Waals surface area contributed by atoms with Crippen LogP contribution in [-0.4, -0.2) is 5.97 Å². The van der Waals surface area contributed by atoms with E-state index in [0.29, 0.717) is 0 Å². The van der Waals surface area contributed by atoms with Gasteiger partial charge in [-0.25, -0.2) is 17.6 Å². The molecule has 0 amide bonds. The lowest BCUT2D eigenvalue weighted by molar-refractivity contribution is -0.147. The van der Waals surface area contributed by atoms with E-state index in [1.165, 1.54) is 0 Å². The Kier molecular flexibility index (Phi) is 4.43. The first-order valence-electron chi connectivity index (χ1n) is 7.08. The van der Waals surface area contributed by atoms with Crippen molar-refractivity contribution in [1.29, 1.82) is 0 Å². The highest BCUT2D eigenvalue weighted by Gasteiger charge is 2.59. The van der Waals surface area contributed by atoms with Crippen molar-refractivity contribution in [3.8, 4) is 12.3 Å². The van der Waals surface area contributed by atoms with Crippen molar-refractivity contribution in [2.24, 2.45) is 17.3 Å². The van der Waals surface area contributed by atoms with Gasteiger partial charge in [0, 0.05) is 12.0 Å². The van der Waals surface area contributed by atoms with Crippen LogP contribution in [0.3, 0.4) is 0 Å². The highest BCUT2D eigenvalue weighted by molar-refractivity contribution is 5.77. The number of halogens is 4. The van der Waals surface area contributed by atoms with Gasteiger partial charge in [0.2, 0.25) is 0 Å². The highest BCUT2D eigenvalue weighted by atomic mass is 19.2. The van der Waals surface area contributed by atoms with E-state index >= 15 is 0 Å². The van der Waals surface area contributed by atoms with Gasteiger partial charge in [-0.05, 0) is 11.3 Å². The van der Waals surface area contributed by atoms with Crippen LogP contribution in [0.5, 0.6) is 0 Å². The van der Waals surface area contributed by atoms with E-state index in [1.54, 1.807) is 0 Å². The third kappa shape index (κ3) is 2.80. The molecule has 2 nitrogen and oxygen atoms in total. The van der Waals surface area contributed by atoms with E-state index < -0.39 is 59.3 Å². The van der Waals surface area contributed by atoms with Crippen molar-refractivity contribution in [1.82, 2.24) is 0 Å². The molecule has 2 rings (SSSR count). The number of rotatable bonds is 4. The Balaban J connectivity index is 2.22. The Morgan fingerprint density at radius 2 is 1.57 bits per heavy atom. The molecule has 0 bridgehead atoms. The average molecular weight is 328 g/mol. The molecule has 1 unspecified atom stereocenters. The lowest BCUT2D eigenvalue weighted by atomic mass is 10.1. The summed E-state index contributed by atoms with van der Waals surface area (Å²) in [5.41, 5.74) is -2.07. The fraction of sp³-hybridized carbons (Fsp3) is 0.471. The second kappa shape index (κ2) is 5.88. The Morgan fingerprint density at radius 1 is 1.13 bits per heavy atom. The van der Waals surface area contributed by atoms with Gasteiger partial charge in [-0.15, -0.1) is 12.3 Å². The summed E-state index contributed by atoms with van der Waals surface area (Å²) in [5, 5.41) is 0. The van der Waals surface area contributed by atoms with Gasteiger partial charge >= 0.3 is 5.97 Å². The Morgan fingerprint density at radius 3 is 1.96 bits per heavy atom. The second-order valence-corrected chi connectivity index (χ2v) is 6.29. The highest BCUT2D eigenvalue weighted by Crippen LogP contribution is 2.58. The molecule has 0 N–H and O–H groups in total. The number of benzene rings is 1. The molecule has 0 radical (unpaired) electrons. The van der Waals surface area contributed by atoms with E-state index in [1.807, 2.05) is 26.7 Å². The topological polar surface area (TPSA) is 26.3 Å². The molecule has 1 aliphatic rings. The van der Waals surface area contributed by atoms with Crippen LogP contribution >= 0.6 is 0 Å². The maximum atomic E-state index is 13.9. The summed E-state index contributed by atoms with van der Waals surface area (Å²) in [6, 6.07) is 0. The third-order valence-corrected chi connectivity index (χ3v) is 4.70. The summed E-state index contributed by atoms with van der Waals surface area (Å²) in [6.07, 6.45) is 4.33. The van der Waals surface area contributed by atoms with Gasteiger partial charge in [0.05, 0.1) is 11.5 Å². The summed E-state index contributed by atoms with van der Waals surface area (Å²) >= 11 is 0. The largest absolute Gasteiger partial charge is 0.460 e. The van der Waals surface area contributed by atoms with Gasteiger partial charge in [0.15, 0.2) is 23.3 Å². The predicted molar refractivity (Wildman–Crippen MR) is 75.0 cm³/mol. The fourth-order valence-electron chi connectivity index (χ4n) is 2.74. The minimum Gasteiger partial charge on any atom is -0.460 e. The lowest BCUT2D eigenvalue weighted by Crippen LogP contribution is -2.14. The molecular weight excluding hydrogens is 312 g/mol. The average Bonchev–Trinajstić information content (AvgIpc) is 2.99.